The topological polar surface area (TPSA) is 74.2 Å². The molecule has 3 fully saturated rings. The molecule has 2 atom stereocenters. The molecule has 0 spiro atoms. The number of fused-ring (bicyclic) bond motifs is 1. The monoisotopic (exact) mass is 520 g/mol. The van der Waals surface area contributed by atoms with Crippen LogP contribution in [0.5, 0.6) is 0 Å². The number of morpholine rings is 1. The van der Waals surface area contributed by atoms with Crippen molar-refractivity contribution >= 4 is 23.3 Å². The molecule has 9 nitrogen and oxygen atoms in total. The Morgan fingerprint density at radius 1 is 1.11 bits per heavy atom. The van der Waals surface area contributed by atoms with Crippen LogP contribution in [-0.4, -0.2) is 91.0 Å². The van der Waals surface area contributed by atoms with Crippen molar-refractivity contribution in [3.8, 4) is 0 Å². The van der Waals surface area contributed by atoms with E-state index in [4.69, 9.17) is 4.74 Å². The average molecular weight is 521 g/mol. The number of rotatable bonds is 4. The minimum atomic E-state index is -4.44. The van der Waals surface area contributed by atoms with Gasteiger partial charge in [0.25, 0.3) is 0 Å². The SMILES string of the molecule is CC(=O)N(C)c1cnn(C(=O)N2CC3CN(Cc4ccc(N5CCOCC5)cc4C(F)(F)F)CC3C2)c1. The molecule has 3 saturated heterocycles. The highest BCUT2D eigenvalue weighted by Crippen LogP contribution is 2.37. The van der Waals surface area contributed by atoms with Crippen LogP contribution in [0.1, 0.15) is 18.1 Å². The summed E-state index contributed by atoms with van der Waals surface area (Å²) in [5.41, 5.74) is 0.793. The normalized spacial score (nSPS) is 22.4. The fraction of sp³-hybridized carbons (Fsp3) is 0.560. The third-order valence-corrected chi connectivity index (χ3v) is 7.63. The Morgan fingerprint density at radius 2 is 1.78 bits per heavy atom. The maximum absolute atomic E-state index is 14.0. The van der Waals surface area contributed by atoms with Gasteiger partial charge >= 0.3 is 12.2 Å². The lowest BCUT2D eigenvalue weighted by molar-refractivity contribution is -0.138. The van der Waals surface area contributed by atoms with Crippen LogP contribution < -0.4 is 9.80 Å². The van der Waals surface area contributed by atoms with Gasteiger partial charge in [0.2, 0.25) is 5.91 Å². The van der Waals surface area contributed by atoms with Crippen LogP contribution in [0.4, 0.5) is 29.3 Å². The third kappa shape index (κ3) is 5.30. The highest BCUT2D eigenvalue weighted by molar-refractivity contribution is 5.91. The van der Waals surface area contributed by atoms with E-state index in [0.29, 0.717) is 63.9 Å². The van der Waals surface area contributed by atoms with Crippen molar-refractivity contribution < 1.29 is 27.5 Å². The molecule has 0 N–H and O–H groups in total. The van der Waals surface area contributed by atoms with Gasteiger partial charge in [-0.3, -0.25) is 9.69 Å². The molecule has 0 radical (unpaired) electrons. The zero-order valence-electron chi connectivity index (χ0n) is 20.9. The number of likely N-dealkylation sites (tertiary alicyclic amines) is 2. The fourth-order valence-corrected chi connectivity index (χ4v) is 5.52. The van der Waals surface area contributed by atoms with E-state index in [1.54, 1.807) is 24.1 Å². The van der Waals surface area contributed by atoms with Crippen molar-refractivity contribution in [3.63, 3.8) is 0 Å². The standard InChI is InChI=1S/C25H31F3N6O3/c1-17(35)30(2)22-10-29-34(16-22)24(36)33-14-19-12-31(13-20(19)15-33)11-18-3-4-21(9-23(18)25(26,27)28)32-5-7-37-8-6-32/h3-4,9-10,16,19-20H,5-8,11-15H2,1-2H3. The lowest BCUT2D eigenvalue weighted by atomic mass is 10.0. The Bertz CT molecular complexity index is 1150. The molecular formula is C25H31F3N6O3. The van der Waals surface area contributed by atoms with E-state index < -0.39 is 11.7 Å². The Kier molecular flexibility index (Phi) is 6.88. The van der Waals surface area contributed by atoms with Crippen molar-refractivity contribution in [2.45, 2.75) is 19.6 Å². The van der Waals surface area contributed by atoms with Crippen molar-refractivity contribution in [1.82, 2.24) is 19.6 Å². The highest BCUT2D eigenvalue weighted by atomic mass is 19.4. The molecule has 2 aromatic rings. The van der Waals surface area contributed by atoms with E-state index >= 15 is 0 Å². The molecule has 4 heterocycles. The van der Waals surface area contributed by atoms with Crippen LogP contribution in [0.25, 0.3) is 0 Å². The lowest BCUT2D eigenvalue weighted by Gasteiger charge is -2.30. The summed E-state index contributed by atoms with van der Waals surface area (Å²) in [7, 11) is 1.61. The molecule has 3 aliphatic heterocycles. The molecule has 1 aromatic heterocycles. The van der Waals surface area contributed by atoms with Crippen LogP contribution in [0.2, 0.25) is 0 Å². The van der Waals surface area contributed by atoms with Crippen molar-refractivity contribution in [2.75, 3.05) is 69.3 Å². The summed E-state index contributed by atoms with van der Waals surface area (Å²) in [4.78, 5) is 31.6. The van der Waals surface area contributed by atoms with E-state index in [1.807, 2.05) is 4.90 Å². The van der Waals surface area contributed by atoms with E-state index in [-0.39, 0.29) is 35.9 Å². The average Bonchev–Trinajstić information content (AvgIpc) is 3.59. The number of halogens is 3. The number of amides is 2. The molecule has 200 valence electrons. The smallest absolute Gasteiger partial charge is 0.378 e. The number of carbonyl (C=O) groups excluding carboxylic acids is 2. The molecule has 12 heteroatoms. The summed E-state index contributed by atoms with van der Waals surface area (Å²) < 4.78 is 48.4. The Morgan fingerprint density at radius 3 is 2.41 bits per heavy atom. The molecule has 0 saturated carbocycles. The molecule has 5 rings (SSSR count). The summed E-state index contributed by atoms with van der Waals surface area (Å²) in [5, 5.41) is 4.11. The minimum absolute atomic E-state index is 0.160. The van der Waals surface area contributed by atoms with E-state index in [2.05, 4.69) is 10.00 Å². The molecule has 1 aromatic carbocycles. The van der Waals surface area contributed by atoms with Gasteiger partial charge in [-0.15, -0.1) is 0 Å². The zero-order valence-corrected chi connectivity index (χ0v) is 20.9. The number of anilines is 2. The van der Waals surface area contributed by atoms with Crippen LogP contribution in [0.15, 0.2) is 30.6 Å². The molecule has 0 bridgehead atoms. The van der Waals surface area contributed by atoms with E-state index in [0.717, 1.165) is 0 Å². The van der Waals surface area contributed by atoms with E-state index in [9.17, 15) is 22.8 Å². The Balaban J connectivity index is 1.22. The van der Waals surface area contributed by atoms with E-state index in [1.165, 1.54) is 35.0 Å². The first-order chi connectivity index (χ1) is 17.6. The summed E-state index contributed by atoms with van der Waals surface area (Å²) >= 11 is 0. The Labute approximate surface area is 213 Å². The minimum Gasteiger partial charge on any atom is -0.378 e. The van der Waals surface area contributed by atoms with Crippen molar-refractivity contribution in [1.29, 1.82) is 0 Å². The van der Waals surface area contributed by atoms with Gasteiger partial charge in [0.1, 0.15) is 0 Å². The first-order valence-corrected chi connectivity index (χ1v) is 12.4. The van der Waals surface area contributed by atoms with Crippen LogP contribution in [0, 0.1) is 11.8 Å². The number of carbonyl (C=O) groups is 2. The van der Waals surface area contributed by atoms with Crippen molar-refractivity contribution in [2.24, 2.45) is 11.8 Å². The van der Waals surface area contributed by atoms with Gasteiger partial charge in [0, 0.05) is 65.5 Å². The molecule has 3 aliphatic rings. The number of benzene rings is 1. The second-order valence-corrected chi connectivity index (χ2v) is 10.1. The molecular weight excluding hydrogens is 489 g/mol. The fourth-order valence-electron chi connectivity index (χ4n) is 5.52. The first-order valence-electron chi connectivity index (χ1n) is 12.4. The number of hydrogen-bond donors (Lipinski definition) is 0. The van der Waals surface area contributed by atoms with Gasteiger partial charge in [0.15, 0.2) is 0 Å². The number of aromatic nitrogens is 2. The molecule has 2 unspecified atom stereocenters. The van der Waals surface area contributed by atoms with Gasteiger partial charge < -0.3 is 19.4 Å². The lowest BCUT2D eigenvalue weighted by Crippen LogP contribution is -2.36. The molecule has 0 aliphatic carbocycles. The zero-order chi connectivity index (χ0) is 26.3. The Hall–Kier alpha value is -3.12. The highest BCUT2D eigenvalue weighted by Gasteiger charge is 2.43. The van der Waals surface area contributed by atoms with Gasteiger partial charge in [-0.05, 0) is 29.5 Å². The number of ether oxygens (including phenoxy) is 1. The quantitative estimate of drug-likeness (QED) is 0.618. The molecule has 2 amide bonds. The van der Waals surface area contributed by atoms with Gasteiger partial charge in [-0.1, -0.05) is 6.07 Å². The van der Waals surface area contributed by atoms with Gasteiger partial charge in [-0.25, -0.2) is 4.79 Å². The summed E-state index contributed by atoms with van der Waals surface area (Å²) in [5.74, 6) is 0.230. The largest absolute Gasteiger partial charge is 0.416 e. The van der Waals surface area contributed by atoms with Gasteiger partial charge in [0.05, 0.1) is 36.9 Å². The predicted octanol–water partition coefficient (Wildman–Crippen LogP) is 2.75. The maximum atomic E-state index is 14.0. The van der Waals surface area contributed by atoms with Gasteiger partial charge in [-0.2, -0.15) is 23.0 Å². The molecule has 37 heavy (non-hydrogen) atoms. The third-order valence-electron chi connectivity index (χ3n) is 7.63. The second-order valence-electron chi connectivity index (χ2n) is 10.1. The van der Waals surface area contributed by atoms with Crippen LogP contribution in [-0.2, 0) is 22.3 Å². The summed E-state index contributed by atoms with van der Waals surface area (Å²) in [6.07, 6.45) is -1.43. The van der Waals surface area contributed by atoms with Crippen LogP contribution in [0.3, 0.4) is 0 Å². The second kappa shape index (κ2) is 9.97. The number of nitrogens with zero attached hydrogens (tertiary/aromatic N) is 6. The summed E-state index contributed by atoms with van der Waals surface area (Å²) in [6, 6.07) is 4.38. The number of hydrogen-bond acceptors (Lipinski definition) is 6. The maximum Gasteiger partial charge on any atom is 0.416 e. The number of alkyl halides is 3. The first kappa shape index (κ1) is 25.5. The van der Waals surface area contributed by atoms with Crippen molar-refractivity contribution in [3.05, 3.63) is 41.7 Å². The summed E-state index contributed by atoms with van der Waals surface area (Å²) in [6.45, 7) is 6.15. The predicted molar refractivity (Wildman–Crippen MR) is 130 cm³/mol. The van der Waals surface area contributed by atoms with Crippen LogP contribution >= 0.6 is 0 Å².